The number of nitrogens with zero attached hydrogens (tertiary/aromatic N) is 2. The molecule has 1 N–H and O–H groups in total. The number of aromatic nitrogens is 1. The van der Waals surface area contributed by atoms with E-state index in [0.29, 0.717) is 6.54 Å². The van der Waals surface area contributed by atoms with Crippen molar-refractivity contribution in [2.75, 3.05) is 11.9 Å². The Balaban J connectivity index is 1.53. The molecule has 0 atom stereocenters. The van der Waals surface area contributed by atoms with Gasteiger partial charge in [0, 0.05) is 30.4 Å². The van der Waals surface area contributed by atoms with Crippen LogP contribution in [0, 0.1) is 6.92 Å². The molecule has 4 aromatic rings. The fourth-order valence-corrected chi connectivity index (χ4v) is 4.25. The summed E-state index contributed by atoms with van der Waals surface area (Å²) in [7, 11) is 0. The number of carbonyl (C=O) groups is 1. The third-order valence-corrected chi connectivity index (χ3v) is 6.23. The molecule has 4 nitrogen and oxygen atoms in total. The van der Waals surface area contributed by atoms with Crippen LogP contribution in [0.1, 0.15) is 43.0 Å². The monoisotopic (exact) mass is 439 g/mol. The van der Waals surface area contributed by atoms with E-state index >= 15 is 0 Å². The lowest BCUT2D eigenvalue weighted by Gasteiger charge is -2.24. The van der Waals surface area contributed by atoms with Crippen LogP contribution >= 0.6 is 0 Å². The summed E-state index contributed by atoms with van der Waals surface area (Å²) in [5.74, 6) is 0. The van der Waals surface area contributed by atoms with E-state index in [9.17, 15) is 4.79 Å². The number of hydrogen-bond acceptors (Lipinski definition) is 1. The maximum absolute atomic E-state index is 13.4. The van der Waals surface area contributed by atoms with Gasteiger partial charge in [-0.05, 0) is 48.1 Å². The van der Waals surface area contributed by atoms with Crippen LogP contribution in [-0.4, -0.2) is 22.0 Å². The Kier molecular flexibility index (Phi) is 7.46. The molecule has 0 spiro atoms. The number of urea groups is 1. The van der Waals surface area contributed by atoms with Gasteiger partial charge in [-0.3, -0.25) is 0 Å². The van der Waals surface area contributed by atoms with E-state index in [4.69, 9.17) is 0 Å². The van der Waals surface area contributed by atoms with Crippen molar-refractivity contribution in [2.45, 2.75) is 46.2 Å². The molecule has 33 heavy (non-hydrogen) atoms. The van der Waals surface area contributed by atoms with Crippen LogP contribution in [0.25, 0.3) is 10.8 Å². The topological polar surface area (TPSA) is 37.3 Å². The van der Waals surface area contributed by atoms with Crippen LogP contribution in [0.2, 0.25) is 0 Å². The summed E-state index contributed by atoms with van der Waals surface area (Å²) in [5.41, 5.74) is 4.58. The number of rotatable bonds is 9. The molecule has 170 valence electrons. The minimum absolute atomic E-state index is 0.0499. The normalized spacial score (nSPS) is 11.0. The molecule has 4 heteroatoms. The van der Waals surface area contributed by atoms with E-state index in [1.165, 1.54) is 11.1 Å². The first-order chi connectivity index (χ1) is 16.2. The van der Waals surface area contributed by atoms with Crippen LogP contribution in [0.15, 0.2) is 85.1 Å². The second-order valence-corrected chi connectivity index (χ2v) is 8.64. The van der Waals surface area contributed by atoms with Crippen LogP contribution < -0.4 is 5.32 Å². The molecule has 0 unspecified atom stereocenters. The maximum atomic E-state index is 13.4. The highest BCUT2D eigenvalue weighted by Gasteiger charge is 2.17. The Morgan fingerprint density at radius 1 is 0.909 bits per heavy atom. The van der Waals surface area contributed by atoms with E-state index in [1.807, 2.05) is 29.2 Å². The van der Waals surface area contributed by atoms with Gasteiger partial charge in [-0.25, -0.2) is 4.79 Å². The highest BCUT2D eigenvalue weighted by molar-refractivity contribution is 6.01. The van der Waals surface area contributed by atoms with Gasteiger partial charge in [-0.15, -0.1) is 0 Å². The van der Waals surface area contributed by atoms with Crippen molar-refractivity contribution >= 4 is 22.5 Å². The standard InChI is InChI=1S/C29H33N3O/c1-3-4-9-19-32(29(33)30-28-18-10-15-24-13-7-8-17-27(24)28)22-26-16-11-20-31(26)21-25-14-6-5-12-23(25)2/h5-8,10-18,20H,3-4,9,19,21-22H2,1-2H3,(H,30,33). The lowest BCUT2D eigenvalue weighted by atomic mass is 10.1. The van der Waals surface area contributed by atoms with Crippen LogP contribution in [0.3, 0.4) is 0 Å². The first-order valence-electron chi connectivity index (χ1n) is 11.9. The lowest BCUT2D eigenvalue weighted by Crippen LogP contribution is -2.36. The Hall–Kier alpha value is -3.53. The molecular weight excluding hydrogens is 406 g/mol. The summed E-state index contributed by atoms with van der Waals surface area (Å²) in [4.78, 5) is 15.4. The Morgan fingerprint density at radius 2 is 1.70 bits per heavy atom. The molecule has 1 heterocycles. The average Bonchev–Trinajstić information content (AvgIpc) is 3.27. The van der Waals surface area contributed by atoms with Crippen LogP contribution in [-0.2, 0) is 13.1 Å². The summed E-state index contributed by atoms with van der Waals surface area (Å²) >= 11 is 0. The lowest BCUT2D eigenvalue weighted by molar-refractivity contribution is 0.206. The summed E-state index contributed by atoms with van der Waals surface area (Å²) in [6.07, 6.45) is 5.34. The minimum Gasteiger partial charge on any atom is -0.345 e. The zero-order chi connectivity index (χ0) is 23.0. The fourth-order valence-electron chi connectivity index (χ4n) is 4.25. The SMILES string of the molecule is CCCCCN(Cc1cccn1Cc1ccccc1C)C(=O)Nc1cccc2ccccc12. The van der Waals surface area contributed by atoms with Gasteiger partial charge in [0.15, 0.2) is 0 Å². The molecule has 0 aliphatic heterocycles. The Morgan fingerprint density at radius 3 is 2.55 bits per heavy atom. The van der Waals surface area contributed by atoms with E-state index in [0.717, 1.165) is 54.5 Å². The van der Waals surface area contributed by atoms with E-state index in [2.05, 4.69) is 84.5 Å². The van der Waals surface area contributed by atoms with E-state index in [-0.39, 0.29) is 6.03 Å². The zero-order valence-electron chi connectivity index (χ0n) is 19.6. The number of aryl methyl sites for hydroxylation is 1. The molecule has 3 aromatic carbocycles. The van der Waals surface area contributed by atoms with E-state index < -0.39 is 0 Å². The van der Waals surface area contributed by atoms with Gasteiger partial charge in [0.1, 0.15) is 0 Å². The van der Waals surface area contributed by atoms with Crippen LogP contribution in [0.5, 0.6) is 0 Å². The zero-order valence-corrected chi connectivity index (χ0v) is 19.6. The van der Waals surface area contributed by atoms with Crippen molar-refractivity contribution in [3.05, 3.63) is 102 Å². The smallest absolute Gasteiger partial charge is 0.322 e. The van der Waals surface area contributed by atoms with Gasteiger partial charge in [0.25, 0.3) is 0 Å². The summed E-state index contributed by atoms with van der Waals surface area (Å²) in [5, 5.41) is 5.37. The van der Waals surface area contributed by atoms with Gasteiger partial charge in [0.05, 0.1) is 12.2 Å². The molecule has 0 saturated carbocycles. The van der Waals surface area contributed by atoms with Gasteiger partial charge in [0.2, 0.25) is 0 Å². The molecule has 2 amide bonds. The van der Waals surface area contributed by atoms with Crippen LogP contribution in [0.4, 0.5) is 10.5 Å². The molecule has 0 fully saturated rings. The quantitative estimate of drug-likeness (QED) is 0.275. The van der Waals surface area contributed by atoms with Crippen molar-refractivity contribution in [3.8, 4) is 0 Å². The molecule has 0 aliphatic rings. The van der Waals surface area contributed by atoms with Crippen molar-refractivity contribution in [1.82, 2.24) is 9.47 Å². The second-order valence-electron chi connectivity index (χ2n) is 8.64. The first kappa shape index (κ1) is 22.7. The summed E-state index contributed by atoms with van der Waals surface area (Å²) in [6, 6.07) is 26.8. The van der Waals surface area contributed by atoms with Crippen molar-refractivity contribution in [1.29, 1.82) is 0 Å². The highest BCUT2D eigenvalue weighted by atomic mass is 16.2. The number of nitrogens with one attached hydrogen (secondary N) is 1. The third-order valence-electron chi connectivity index (χ3n) is 6.23. The largest absolute Gasteiger partial charge is 0.345 e. The number of hydrogen-bond donors (Lipinski definition) is 1. The summed E-state index contributed by atoms with van der Waals surface area (Å²) in [6.45, 7) is 6.46. The third kappa shape index (κ3) is 5.64. The molecule has 0 radical (unpaired) electrons. The second kappa shape index (κ2) is 10.9. The summed E-state index contributed by atoms with van der Waals surface area (Å²) < 4.78 is 2.25. The maximum Gasteiger partial charge on any atom is 0.322 e. The van der Waals surface area contributed by atoms with Crippen molar-refractivity contribution in [3.63, 3.8) is 0 Å². The molecule has 4 rings (SSSR count). The minimum atomic E-state index is -0.0499. The predicted octanol–water partition coefficient (Wildman–Crippen LogP) is 7.22. The number of amides is 2. The fraction of sp³-hybridized carbons (Fsp3) is 0.276. The molecule has 0 bridgehead atoms. The molecule has 1 aromatic heterocycles. The highest BCUT2D eigenvalue weighted by Crippen LogP contribution is 2.24. The molecule has 0 saturated heterocycles. The molecule has 0 aliphatic carbocycles. The number of anilines is 1. The van der Waals surface area contributed by atoms with Crippen molar-refractivity contribution < 1.29 is 4.79 Å². The predicted molar refractivity (Wildman–Crippen MR) is 138 cm³/mol. The van der Waals surface area contributed by atoms with Gasteiger partial charge < -0.3 is 14.8 Å². The molecular formula is C29H33N3O. The average molecular weight is 440 g/mol. The first-order valence-corrected chi connectivity index (χ1v) is 11.9. The number of carbonyl (C=O) groups excluding carboxylic acids is 1. The van der Waals surface area contributed by atoms with Crippen molar-refractivity contribution in [2.24, 2.45) is 0 Å². The van der Waals surface area contributed by atoms with Gasteiger partial charge in [-0.1, -0.05) is 80.4 Å². The van der Waals surface area contributed by atoms with E-state index in [1.54, 1.807) is 0 Å². The van der Waals surface area contributed by atoms with Gasteiger partial charge >= 0.3 is 6.03 Å². The van der Waals surface area contributed by atoms with Gasteiger partial charge in [-0.2, -0.15) is 0 Å². The number of fused-ring (bicyclic) bond motifs is 1. The Bertz CT molecular complexity index is 1200. The Labute approximate surface area is 196 Å². The number of benzene rings is 3. The number of unbranched alkanes of at least 4 members (excludes halogenated alkanes) is 2.